The van der Waals surface area contributed by atoms with Crippen LogP contribution in [-0.2, 0) is 9.47 Å². The van der Waals surface area contributed by atoms with Crippen molar-refractivity contribution in [1.82, 2.24) is 9.88 Å². The van der Waals surface area contributed by atoms with Gasteiger partial charge in [-0.1, -0.05) is 18.2 Å². The van der Waals surface area contributed by atoms with Gasteiger partial charge in [-0.15, -0.1) is 0 Å². The highest BCUT2D eigenvalue weighted by molar-refractivity contribution is 6.07. The molecule has 0 aliphatic carbocycles. The number of likely N-dealkylation sites (tertiary alicyclic amines) is 1. The highest BCUT2D eigenvalue weighted by Crippen LogP contribution is 2.30. The molecule has 3 heterocycles. The Kier molecular flexibility index (Phi) is 5.57. The topological polar surface area (TPSA) is 60.9 Å². The van der Waals surface area contributed by atoms with Gasteiger partial charge in [0.25, 0.3) is 5.91 Å². The van der Waals surface area contributed by atoms with Crippen LogP contribution in [0, 0.1) is 5.92 Å². The Labute approximate surface area is 181 Å². The van der Waals surface area contributed by atoms with E-state index in [0.717, 1.165) is 40.8 Å². The summed E-state index contributed by atoms with van der Waals surface area (Å²) >= 11 is 0. The van der Waals surface area contributed by atoms with Gasteiger partial charge in [-0.2, -0.15) is 0 Å². The molecule has 2 fully saturated rings. The number of pyridine rings is 1. The van der Waals surface area contributed by atoms with Crippen LogP contribution in [0.5, 0.6) is 5.75 Å². The van der Waals surface area contributed by atoms with E-state index < -0.39 is 0 Å². The minimum Gasteiger partial charge on any atom is -0.497 e. The van der Waals surface area contributed by atoms with E-state index in [1.165, 1.54) is 0 Å². The zero-order valence-corrected chi connectivity index (χ0v) is 17.6. The van der Waals surface area contributed by atoms with Gasteiger partial charge in [-0.3, -0.25) is 4.79 Å². The van der Waals surface area contributed by atoms with Crippen molar-refractivity contribution in [2.24, 2.45) is 5.92 Å². The third kappa shape index (κ3) is 4.01. The molecule has 2 aliphatic heterocycles. The van der Waals surface area contributed by atoms with Crippen LogP contribution >= 0.6 is 0 Å². The van der Waals surface area contributed by atoms with Gasteiger partial charge in [0, 0.05) is 30.0 Å². The van der Waals surface area contributed by atoms with Crippen molar-refractivity contribution in [3.63, 3.8) is 0 Å². The second kappa shape index (κ2) is 8.65. The highest BCUT2D eigenvalue weighted by atomic mass is 16.7. The molecule has 6 nitrogen and oxygen atoms in total. The van der Waals surface area contributed by atoms with Gasteiger partial charge in [-0.05, 0) is 49.2 Å². The van der Waals surface area contributed by atoms with E-state index in [-0.39, 0.29) is 12.2 Å². The Morgan fingerprint density at radius 3 is 2.45 bits per heavy atom. The summed E-state index contributed by atoms with van der Waals surface area (Å²) in [5, 5.41) is 0.884. The molecule has 0 bridgehead atoms. The maximum Gasteiger partial charge on any atom is 0.254 e. The van der Waals surface area contributed by atoms with Crippen LogP contribution < -0.4 is 4.74 Å². The summed E-state index contributed by atoms with van der Waals surface area (Å²) in [6.07, 6.45) is 1.68. The molecule has 2 saturated heterocycles. The monoisotopic (exact) mass is 418 g/mol. The third-order valence-corrected chi connectivity index (χ3v) is 6.19. The Hall–Kier alpha value is -2.96. The number of ether oxygens (including phenoxy) is 3. The zero-order valence-electron chi connectivity index (χ0n) is 17.6. The van der Waals surface area contributed by atoms with Gasteiger partial charge >= 0.3 is 0 Å². The van der Waals surface area contributed by atoms with Crippen molar-refractivity contribution in [1.29, 1.82) is 0 Å². The number of fused-ring (bicyclic) bond motifs is 1. The maximum atomic E-state index is 13.5. The second-order valence-electron chi connectivity index (χ2n) is 8.04. The summed E-state index contributed by atoms with van der Waals surface area (Å²) in [5.74, 6) is 1.20. The standard InChI is InChI=1S/C25H26N2O4/c1-29-19-8-6-17(7-9-19)23-16-21(20-4-2-3-5-22(20)26-23)24(28)27-12-10-18(11-13-27)25-30-14-15-31-25/h2-9,16,18,25H,10-15H2,1H3. The van der Waals surface area contributed by atoms with Crippen molar-refractivity contribution >= 4 is 16.8 Å². The van der Waals surface area contributed by atoms with E-state index in [0.29, 0.717) is 37.8 Å². The van der Waals surface area contributed by atoms with Crippen LogP contribution in [0.4, 0.5) is 0 Å². The number of piperidine rings is 1. The van der Waals surface area contributed by atoms with Crippen LogP contribution in [0.15, 0.2) is 54.6 Å². The van der Waals surface area contributed by atoms with E-state index in [2.05, 4.69) is 0 Å². The molecule has 0 N–H and O–H groups in total. The Balaban J connectivity index is 1.43. The van der Waals surface area contributed by atoms with Gasteiger partial charge < -0.3 is 19.1 Å². The van der Waals surface area contributed by atoms with Crippen LogP contribution in [0.25, 0.3) is 22.2 Å². The molecule has 31 heavy (non-hydrogen) atoms. The first-order chi connectivity index (χ1) is 15.2. The number of nitrogens with zero attached hydrogens (tertiary/aromatic N) is 2. The number of amides is 1. The number of carbonyl (C=O) groups excluding carboxylic acids is 1. The summed E-state index contributed by atoms with van der Waals surface area (Å²) in [7, 11) is 1.65. The molecular formula is C25H26N2O4. The summed E-state index contributed by atoms with van der Waals surface area (Å²) in [6, 6.07) is 17.5. The molecule has 160 valence electrons. The minimum absolute atomic E-state index is 0.0556. The van der Waals surface area contributed by atoms with Crippen LogP contribution in [-0.4, -0.2) is 55.5 Å². The third-order valence-electron chi connectivity index (χ3n) is 6.19. The number of hydrogen-bond donors (Lipinski definition) is 0. The number of aromatic nitrogens is 1. The lowest BCUT2D eigenvalue weighted by molar-refractivity contribution is -0.0956. The van der Waals surface area contributed by atoms with Crippen molar-refractivity contribution in [2.75, 3.05) is 33.4 Å². The van der Waals surface area contributed by atoms with E-state index >= 15 is 0 Å². The fourth-order valence-electron chi connectivity index (χ4n) is 4.46. The van der Waals surface area contributed by atoms with Gasteiger partial charge in [0.15, 0.2) is 6.29 Å². The van der Waals surface area contributed by atoms with Crippen LogP contribution in [0.1, 0.15) is 23.2 Å². The number of hydrogen-bond acceptors (Lipinski definition) is 5. The van der Waals surface area contributed by atoms with Crippen molar-refractivity contribution < 1.29 is 19.0 Å². The van der Waals surface area contributed by atoms with Crippen molar-refractivity contribution in [3.05, 3.63) is 60.2 Å². The lowest BCUT2D eigenvalue weighted by Crippen LogP contribution is -2.41. The first-order valence-electron chi connectivity index (χ1n) is 10.8. The van der Waals surface area contributed by atoms with Gasteiger partial charge in [-0.25, -0.2) is 4.98 Å². The fourth-order valence-corrected chi connectivity index (χ4v) is 4.46. The molecule has 0 spiro atoms. The van der Waals surface area contributed by atoms with Gasteiger partial charge in [0.1, 0.15) is 5.75 Å². The van der Waals surface area contributed by atoms with E-state index in [1.807, 2.05) is 59.5 Å². The van der Waals surface area contributed by atoms with Crippen LogP contribution in [0.3, 0.4) is 0 Å². The summed E-state index contributed by atoms with van der Waals surface area (Å²) in [5.41, 5.74) is 3.26. The molecule has 2 aromatic carbocycles. The number of carbonyl (C=O) groups is 1. The number of rotatable bonds is 4. The average Bonchev–Trinajstić information content (AvgIpc) is 3.38. The van der Waals surface area contributed by atoms with Crippen molar-refractivity contribution in [2.45, 2.75) is 19.1 Å². The van der Waals surface area contributed by atoms with E-state index in [9.17, 15) is 4.79 Å². The normalized spacial score (nSPS) is 17.9. The molecule has 3 aromatic rings. The Morgan fingerprint density at radius 2 is 1.74 bits per heavy atom. The average molecular weight is 418 g/mol. The quantitative estimate of drug-likeness (QED) is 0.637. The largest absolute Gasteiger partial charge is 0.497 e. The second-order valence-corrected chi connectivity index (χ2v) is 8.04. The molecule has 6 heteroatoms. The molecule has 2 aliphatic rings. The predicted molar refractivity (Wildman–Crippen MR) is 118 cm³/mol. The first kappa shape index (κ1) is 20.0. The molecule has 0 unspecified atom stereocenters. The van der Waals surface area contributed by atoms with Crippen molar-refractivity contribution in [3.8, 4) is 17.0 Å². The minimum atomic E-state index is -0.110. The molecule has 0 saturated carbocycles. The molecular weight excluding hydrogens is 392 g/mol. The smallest absolute Gasteiger partial charge is 0.254 e. The zero-order chi connectivity index (χ0) is 21.2. The van der Waals surface area contributed by atoms with Gasteiger partial charge in [0.2, 0.25) is 0 Å². The van der Waals surface area contributed by atoms with Crippen LogP contribution in [0.2, 0.25) is 0 Å². The summed E-state index contributed by atoms with van der Waals surface area (Å²) in [6.45, 7) is 2.75. The molecule has 5 rings (SSSR count). The number of methoxy groups -OCH3 is 1. The van der Waals surface area contributed by atoms with E-state index in [1.54, 1.807) is 7.11 Å². The molecule has 1 amide bonds. The van der Waals surface area contributed by atoms with E-state index in [4.69, 9.17) is 19.2 Å². The number of benzene rings is 2. The first-order valence-corrected chi connectivity index (χ1v) is 10.8. The Morgan fingerprint density at radius 1 is 1.03 bits per heavy atom. The maximum absolute atomic E-state index is 13.5. The fraction of sp³-hybridized carbons (Fsp3) is 0.360. The molecule has 0 radical (unpaired) electrons. The molecule has 0 atom stereocenters. The number of para-hydroxylation sites is 1. The summed E-state index contributed by atoms with van der Waals surface area (Å²) < 4.78 is 16.6. The SMILES string of the molecule is COc1ccc(-c2cc(C(=O)N3CCC(C4OCCO4)CC3)c3ccccc3n2)cc1. The highest BCUT2D eigenvalue weighted by Gasteiger charge is 2.32. The molecule has 1 aromatic heterocycles. The van der Waals surface area contributed by atoms with Gasteiger partial charge in [0.05, 0.1) is 37.1 Å². The Bertz CT molecular complexity index is 1070. The predicted octanol–water partition coefficient (Wildman–Crippen LogP) is 4.14. The lowest BCUT2D eigenvalue weighted by Gasteiger charge is -2.34. The lowest BCUT2D eigenvalue weighted by atomic mass is 9.95. The summed E-state index contributed by atoms with van der Waals surface area (Å²) in [4.78, 5) is 20.3.